The lowest BCUT2D eigenvalue weighted by Gasteiger charge is -2.11. The van der Waals surface area contributed by atoms with Crippen LogP contribution in [-0.2, 0) is 12.8 Å². The monoisotopic (exact) mass is 283 g/mol. The van der Waals surface area contributed by atoms with Gasteiger partial charge in [-0.1, -0.05) is 0 Å². The molecule has 4 heteroatoms. The van der Waals surface area contributed by atoms with Crippen molar-refractivity contribution in [3.63, 3.8) is 0 Å². The summed E-state index contributed by atoms with van der Waals surface area (Å²) in [6, 6.07) is 8.00. The smallest absolute Gasteiger partial charge is 0.161 e. The lowest BCUT2D eigenvalue weighted by Crippen LogP contribution is -2.05. The van der Waals surface area contributed by atoms with E-state index < -0.39 is 0 Å². The van der Waals surface area contributed by atoms with Gasteiger partial charge in [-0.25, -0.2) is 9.97 Å². The third-order valence-corrected chi connectivity index (χ3v) is 3.65. The van der Waals surface area contributed by atoms with Crippen LogP contribution in [0.4, 0.5) is 5.82 Å². The summed E-state index contributed by atoms with van der Waals surface area (Å²) in [5, 5.41) is 3.20. The van der Waals surface area contributed by atoms with Crippen LogP contribution in [0.25, 0.3) is 11.4 Å². The Kier molecular flexibility index (Phi) is 3.78. The quantitative estimate of drug-likeness (QED) is 0.933. The Morgan fingerprint density at radius 3 is 2.52 bits per heavy atom. The van der Waals surface area contributed by atoms with Crippen molar-refractivity contribution in [1.29, 1.82) is 0 Å². The highest BCUT2D eigenvalue weighted by Crippen LogP contribution is 2.29. The predicted molar refractivity (Wildman–Crippen MR) is 84.8 cm³/mol. The molecule has 0 radical (unpaired) electrons. The Labute approximate surface area is 125 Å². The molecule has 0 fully saturated rings. The molecule has 1 heterocycles. The van der Waals surface area contributed by atoms with Gasteiger partial charge in [0.2, 0.25) is 0 Å². The molecule has 0 bridgehead atoms. The Bertz CT molecular complexity index is 635. The van der Waals surface area contributed by atoms with Crippen LogP contribution in [0.5, 0.6) is 5.75 Å². The fourth-order valence-corrected chi connectivity index (χ4v) is 2.72. The molecule has 4 nitrogen and oxygen atoms in total. The summed E-state index contributed by atoms with van der Waals surface area (Å²) in [4.78, 5) is 9.39. The average molecular weight is 283 g/mol. The van der Waals surface area contributed by atoms with E-state index >= 15 is 0 Å². The zero-order valence-corrected chi connectivity index (χ0v) is 12.8. The number of benzene rings is 1. The molecule has 0 spiro atoms. The van der Waals surface area contributed by atoms with Gasteiger partial charge in [0.1, 0.15) is 11.6 Å². The van der Waals surface area contributed by atoms with Gasteiger partial charge in [-0.15, -0.1) is 0 Å². The molecule has 2 aromatic rings. The number of hydrogen-bond donors (Lipinski definition) is 1. The summed E-state index contributed by atoms with van der Waals surface area (Å²) < 4.78 is 5.67. The molecular formula is C17H21N3O. The molecule has 1 N–H and O–H groups in total. The minimum Gasteiger partial charge on any atom is -0.491 e. The summed E-state index contributed by atoms with van der Waals surface area (Å²) in [7, 11) is 1.92. The van der Waals surface area contributed by atoms with Crippen molar-refractivity contribution < 1.29 is 4.74 Å². The third kappa shape index (κ3) is 2.84. The molecule has 0 aliphatic heterocycles. The highest BCUT2D eigenvalue weighted by atomic mass is 16.5. The van der Waals surface area contributed by atoms with Crippen LogP contribution in [0.15, 0.2) is 24.3 Å². The van der Waals surface area contributed by atoms with Gasteiger partial charge in [-0.05, 0) is 57.4 Å². The zero-order valence-electron chi connectivity index (χ0n) is 12.8. The summed E-state index contributed by atoms with van der Waals surface area (Å²) in [5.41, 5.74) is 3.49. The minimum atomic E-state index is 0.183. The zero-order chi connectivity index (χ0) is 14.8. The first kappa shape index (κ1) is 13.9. The molecule has 21 heavy (non-hydrogen) atoms. The van der Waals surface area contributed by atoms with E-state index in [4.69, 9.17) is 9.72 Å². The maximum Gasteiger partial charge on any atom is 0.161 e. The Morgan fingerprint density at radius 2 is 1.86 bits per heavy atom. The van der Waals surface area contributed by atoms with Crippen LogP contribution >= 0.6 is 0 Å². The van der Waals surface area contributed by atoms with E-state index in [1.807, 2.05) is 45.2 Å². The van der Waals surface area contributed by atoms with Crippen LogP contribution in [0.3, 0.4) is 0 Å². The molecule has 1 aromatic carbocycles. The highest BCUT2D eigenvalue weighted by molar-refractivity contribution is 5.61. The standard InChI is InChI=1S/C17H21N3O/c1-11(2)21-13-9-7-12(8-10-13)16-19-15-6-4-5-14(15)17(18-3)20-16/h7-11H,4-6H2,1-3H3,(H,18,19,20). The van der Waals surface area contributed by atoms with Crippen molar-refractivity contribution in [2.24, 2.45) is 0 Å². The molecule has 0 saturated heterocycles. The molecule has 0 saturated carbocycles. The van der Waals surface area contributed by atoms with Gasteiger partial charge < -0.3 is 10.1 Å². The van der Waals surface area contributed by atoms with Gasteiger partial charge in [0, 0.05) is 23.9 Å². The molecule has 1 aliphatic carbocycles. The molecular weight excluding hydrogens is 262 g/mol. The first-order valence-electron chi connectivity index (χ1n) is 7.52. The summed E-state index contributed by atoms with van der Waals surface area (Å²) >= 11 is 0. The topological polar surface area (TPSA) is 47.0 Å². The van der Waals surface area contributed by atoms with E-state index in [1.54, 1.807) is 0 Å². The average Bonchev–Trinajstić information content (AvgIpc) is 2.94. The molecule has 110 valence electrons. The van der Waals surface area contributed by atoms with E-state index in [-0.39, 0.29) is 6.10 Å². The molecule has 3 rings (SSSR count). The first-order chi connectivity index (χ1) is 10.2. The Morgan fingerprint density at radius 1 is 1.10 bits per heavy atom. The number of ether oxygens (including phenoxy) is 1. The summed E-state index contributed by atoms with van der Waals surface area (Å²) in [5.74, 6) is 2.63. The second-order valence-corrected chi connectivity index (χ2v) is 5.62. The second kappa shape index (κ2) is 5.72. The van der Waals surface area contributed by atoms with E-state index in [0.717, 1.165) is 35.8 Å². The van der Waals surface area contributed by atoms with Crippen molar-refractivity contribution in [2.75, 3.05) is 12.4 Å². The van der Waals surface area contributed by atoms with Crippen molar-refractivity contribution in [1.82, 2.24) is 9.97 Å². The van der Waals surface area contributed by atoms with Crippen molar-refractivity contribution in [3.05, 3.63) is 35.5 Å². The SMILES string of the molecule is CNc1nc(-c2ccc(OC(C)C)cc2)nc2c1CCC2. The van der Waals surface area contributed by atoms with E-state index in [1.165, 1.54) is 17.7 Å². The molecule has 0 unspecified atom stereocenters. The molecule has 0 amide bonds. The fraction of sp³-hybridized carbons (Fsp3) is 0.412. The van der Waals surface area contributed by atoms with Gasteiger partial charge in [0.05, 0.1) is 6.10 Å². The second-order valence-electron chi connectivity index (χ2n) is 5.62. The Balaban J connectivity index is 1.93. The lowest BCUT2D eigenvalue weighted by atomic mass is 10.1. The van der Waals surface area contributed by atoms with Crippen LogP contribution < -0.4 is 10.1 Å². The van der Waals surface area contributed by atoms with Gasteiger partial charge in [0.15, 0.2) is 5.82 Å². The first-order valence-corrected chi connectivity index (χ1v) is 7.52. The Hall–Kier alpha value is -2.10. The third-order valence-electron chi connectivity index (χ3n) is 3.65. The van der Waals surface area contributed by atoms with E-state index in [0.29, 0.717) is 0 Å². The number of fused-ring (bicyclic) bond motifs is 1. The highest BCUT2D eigenvalue weighted by Gasteiger charge is 2.19. The normalized spacial score (nSPS) is 13.3. The number of nitrogens with zero attached hydrogens (tertiary/aromatic N) is 2. The van der Waals surface area contributed by atoms with Crippen molar-refractivity contribution in [3.8, 4) is 17.1 Å². The maximum atomic E-state index is 5.67. The maximum absolute atomic E-state index is 5.67. The van der Waals surface area contributed by atoms with Gasteiger partial charge in [-0.2, -0.15) is 0 Å². The fourth-order valence-electron chi connectivity index (χ4n) is 2.72. The molecule has 1 aromatic heterocycles. The van der Waals surface area contributed by atoms with Crippen molar-refractivity contribution in [2.45, 2.75) is 39.2 Å². The summed E-state index contributed by atoms with van der Waals surface area (Å²) in [6.07, 6.45) is 3.48. The lowest BCUT2D eigenvalue weighted by molar-refractivity contribution is 0.242. The van der Waals surface area contributed by atoms with Gasteiger partial charge in [0.25, 0.3) is 0 Å². The number of anilines is 1. The van der Waals surface area contributed by atoms with Gasteiger partial charge >= 0.3 is 0 Å². The predicted octanol–water partition coefficient (Wildman–Crippen LogP) is 3.46. The number of rotatable bonds is 4. The van der Waals surface area contributed by atoms with Gasteiger partial charge in [-0.3, -0.25) is 0 Å². The van der Waals surface area contributed by atoms with Crippen LogP contribution in [-0.4, -0.2) is 23.1 Å². The van der Waals surface area contributed by atoms with Crippen LogP contribution in [0.1, 0.15) is 31.5 Å². The molecule has 1 aliphatic rings. The summed E-state index contributed by atoms with van der Waals surface area (Å²) in [6.45, 7) is 4.05. The van der Waals surface area contributed by atoms with Crippen LogP contribution in [0, 0.1) is 0 Å². The van der Waals surface area contributed by atoms with E-state index in [2.05, 4.69) is 10.3 Å². The van der Waals surface area contributed by atoms with Crippen LogP contribution in [0.2, 0.25) is 0 Å². The minimum absolute atomic E-state index is 0.183. The number of hydrogen-bond acceptors (Lipinski definition) is 4. The number of aryl methyl sites for hydroxylation is 1. The number of nitrogens with one attached hydrogen (secondary N) is 1. The largest absolute Gasteiger partial charge is 0.491 e. The molecule has 0 atom stereocenters. The van der Waals surface area contributed by atoms with E-state index in [9.17, 15) is 0 Å². The number of aromatic nitrogens is 2. The van der Waals surface area contributed by atoms with Crippen molar-refractivity contribution >= 4 is 5.82 Å².